The summed E-state index contributed by atoms with van der Waals surface area (Å²) in [5.74, 6) is -0.149. The van der Waals surface area contributed by atoms with E-state index in [1.54, 1.807) is 6.07 Å². The standard InChI is InChI=1S/C21H29N3O5/c1-14-6-5-7-17(15(14)2)22-20(25)13-29-21(26)16-8-9-18(19(12-16)24(27)28)23-10-3-4-11-23/h8-9,12,14-15,17H,3-7,10-11,13H2,1-2H3,(H,22,25)/t14-,15-,17+/m1/s1. The molecule has 0 unspecified atom stereocenters. The molecule has 0 spiro atoms. The van der Waals surface area contributed by atoms with Gasteiger partial charge in [0.2, 0.25) is 0 Å². The van der Waals surface area contributed by atoms with Crippen molar-refractivity contribution in [2.45, 2.75) is 52.0 Å². The molecule has 1 aromatic carbocycles. The van der Waals surface area contributed by atoms with Crippen molar-refractivity contribution in [1.29, 1.82) is 0 Å². The van der Waals surface area contributed by atoms with Crippen LogP contribution in [0.15, 0.2) is 18.2 Å². The number of esters is 1. The highest BCUT2D eigenvalue weighted by atomic mass is 16.6. The highest BCUT2D eigenvalue weighted by Crippen LogP contribution is 2.32. The fourth-order valence-electron chi connectivity index (χ4n) is 4.27. The van der Waals surface area contributed by atoms with Gasteiger partial charge in [0.05, 0.1) is 10.5 Å². The summed E-state index contributed by atoms with van der Waals surface area (Å²) < 4.78 is 5.11. The Labute approximate surface area is 170 Å². The molecule has 8 nitrogen and oxygen atoms in total. The van der Waals surface area contributed by atoms with E-state index in [2.05, 4.69) is 19.2 Å². The van der Waals surface area contributed by atoms with E-state index in [0.717, 1.165) is 45.2 Å². The number of anilines is 1. The predicted octanol–water partition coefficient (Wildman–Crippen LogP) is 3.29. The van der Waals surface area contributed by atoms with Gasteiger partial charge in [-0.15, -0.1) is 0 Å². The molecule has 0 aromatic heterocycles. The third-order valence-corrected chi connectivity index (χ3v) is 6.24. The number of nitro benzene ring substituents is 1. The quantitative estimate of drug-likeness (QED) is 0.444. The highest BCUT2D eigenvalue weighted by Gasteiger charge is 2.29. The summed E-state index contributed by atoms with van der Waals surface area (Å²) in [5, 5.41) is 14.4. The Morgan fingerprint density at radius 3 is 2.62 bits per heavy atom. The van der Waals surface area contributed by atoms with Gasteiger partial charge in [-0.2, -0.15) is 0 Å². The SMILES string of the molecule is C[C@@H]1[C@H](C)CCC[C@@H]1NC(=O)COC(=O)c1ccc(N2CCCC2)c([N+](=O)[O-])c1. The summed E-state index contributed by atoms with van der Waals surface area (Å²) in [6.07, 6.45) is 5.15. The van der Waals surface area contributed by atoms with E-state index >= 15 is 0 Å². The lowest BCUT2D eigenvalue weighted by Crippen LogP contribution is -2.45. The zero-order valence-electron chi connectivity index (χ0n) is 17.1. The van der Waals surface area contributed by atoms with Crippen LogP contribution in [0.1, 0.15) is 56.3 Å². The molecular weight excluding hydrogens is 374 g/mol. The molecule has 3 atom stereocenters. The second-order valence-corrected chi connectivity index (χ2v) is 8.17. The summed E-state index contributed by atoms with van der Waals surface area (Å²) >= 11 is 0. The number of benzene rings is 1. The molecule has 2 aliphatic rings. The number of ether oxygens (including phenoxy) is 1. The fraction of sp³-hybridized carbons (Fsp3) is 0.619. The molecule has 0 radical (unpaired) electrons. The van der Waals surface area contributed by atoms with Crippen LogP contribution in [-0.2, 0) is 9.53 Å². The molecule has 1 aromatic rings. The lowest BCUT2D eigenvalue weighted by Gasteiger charge is -2.34. The van der Waals surface area contributed by atoms with Crippen molar-refractivity contribution in [3.05, 3.63) is 33.9 Å². The number of nitrogens with zero attached hydrogens (tertiary/aromatic N) is 2. The maximum Gasteiger partial charge on any atom is 0.338 e. The van der Waals surface area contributed by atoms with E-state index in [1.165, 1.54) is 12.1 Å². The number of hydrogen-bond acceptors (Lipinski definition) is 6. The van der Waals surface area contributed by atoms with Gasteiger partial charge in [0.1, 0.15) is 5.69 Å². The minimum absolute atomic E-state index is 0.0760. The zero-order chi connectivity index (χ0) is 21.0. The first-order valence-electron chi connectivity index (χ1n) is 10.4. The molecule has 1 heterocycles. The molecule has 1 saturated heterocycles. The lowest BCUT2D eigenvalue weighted by atomic mass is 9.78. The largest absolute Gasteiger partial charge is 0.452 e. The maximum atomic E-state index is 12.3. The van der Waals surface area contributed by atoms with Crippen molar-refractivity contribution in [2.24, 2.45) is 11.8 Å². The Hall–Kier alpha value is -2.64. The van der Waals surface area contributed by atoms with E-state index in [4.69, 9.17) is 4.74 Å². The van der Waals surface area contributed by atoms with Crippen LogP contribution < -0.4 is 10.2 Å². The summed E-state index contributed by atoms with van der Waals surface area (Å²) in [6.45, 7) is 5.45. The average Bonchev–Trinajstić information content (AvgIpc) is 3.24. The molecule has 8 heteroatoms. The summed E-state index contributed by atoms with van der Waals surface area (Å²) in [7, 11) is 0. The minimum atomic E-state index is -0.735. The van der Waals surface area contributed by atoms with Gasteiger partial charge < -0.3 is 15.0 Å². The Morgan fingerprint density at radius 1 is 1.21 bits per heavy atom. The molecule has 1 saturated carbocycles. The van der Waals surface area contributed by atoms with Gasteiger partial charge in [-0.05, 0) is 43.2 Å². The smallest absolute Gasteiger partial charge is 0.338 e. The molecular formula is C21H29N3O5. The first-order chi connectivity index (χ1) is 13.9. The summed E-state index contributed by atoms with van der Waals surface area (Å²) in [6, 6.07) is 4.43. The van der Waals surface area contributed by atoms with Gasteiger partial charge in [0.25, 0.3) is 11.6 Å². The van der Waals surface area contributed by atoms with Crippen molar-refractivity contribution in [3.63, 3.8) is 0 Å². The van der Waals surface area contributed by atoms with Crippen LogP contribution in [0.25, 0.3) is 0 Å². The number of amides is 1. The fourth-order valence-corrected chi connectivity index (χ4v) is 4.27. The van der Waals surface area contributed by atoms with Gasteiger partial charge in [-0.1, -0.05) is 26.7 Å². The second-order valence-electron chi connectivity index (χ2n) is 8.17. The molecule has 1 aliphatic carbocycles. The number of hydrogen-bond donors (Lipinski definition) is 1. The number of carbonyl (C=O) groups excluding carboxylic acids is 2. The highest BCUT2D eigenvalue weighted by molar-refractivity contribution is 5.93. The first-order valence-corrected chi connectivity index (χ1v) is 10.4. The maximum absolute atomic E-state index is 12.3. The summed E-state index contributed by atoms with van der Waals surface area (Å²) in [5.41, 5.74) is 0.477. The number of nitro groups is 1. The van der Waals surface area contributed by atoms with E-state index in [0.29, 0.717) is 17.5 Å². The third-order valence-electron chi connectivity index (χ3n) is 6.24. The van der Waals surface area contributed by atoms with Crippen molar-refractivity contribution in [2.75, 3.05) is 24.6 Å². The van der Waals surface area contributed by atoms with Gasteiger partial charge in [-0.3, -0.25) is 14.9 Å². The third kappa shape index (κ3) is 5.05. The van der Waals surface area contributed by atoms with E-state index in [9.17, 15) is 19.7 Å². The van der Waals surface area contributed by atoms with Crippen LogP contribution in [0.2, 0.25) is 0 Å². The van der Waals surface area contributed by atoms with Gasteiger partial charge >= 0.3 is 5.97 Å². The molecule has 0 bridgehead atoms. The van der Waals surface area contributed by atoms with Crippen LogP contribution in [0.3, 0.4) is 0 Å². The van der Waals surface area contributed by atoms with Crippen molar-refractivity contribution in [3.8, 4) is 0 Å². The lowest BCUT2D eigenvalue weighted by molar-refractivity contribution is -0.384. The van der Waals surface area contributed by atoms with E-state index in [1.807, 2.05) is 4.90 Å². The monoisotopic (exact) mass is 403 g/mol. The van der Waals surface area contributed by atoms with Crippen LogP contribution >= 0.6 is 0 Å². The van der Waals surface area contributed by atoms with Crippen LogP contribution in [0, 0.1) is 22.0 Å². The minimum Gasteiger partial charge on any atom is -0.452 e. The van der Waals surface area contributed by atoms with Gasteiger partial charge in [0, 0.05) is 25.2 Å². The number of nitrogens with one attached hydrogen (secondary N) is 1. The Kier molecular flexibility index (Phi) is 6.71. The average molecular weight is 403 g/mol. The number of rotatable bonds is 6. The normalized spacial score (nSPS) is 24.2. The Morgan fingerprint density at radius 2 is 1.93 bits per heavy atom. The van der Waals surface area contributed by atoms with Crippen molar-refractivity contribution < 1.29 is 19.2 Å². The van der Waals surface area contributed by atoms with Crippen molar-refractivity contribution in [1.82, 2.24) is 5.32 Å². The van der Waals surface area contributed by atoms with E-state index < -0.39 is 17.5 Å². The van der Waals surface area contributed by atoms with Crippen LogP contribution in [-0.4, -0.2) is 42.5 Å². The van der Waals surface area contributed by atoms with E-state index in [-0.39, 0.29) is 23.2 Å². The topological polar surface area (TPSA) is 102 Å². The van der Waals surface area contributed by atoms with Crippen molar-refractivity contribution >= 4 is 23.3 Å². The molecule has 29 heavy (non-hydrogen) atoms. The summed E-state index contributed by atoms with van der Waals surface area (Å²) in [4.78, 5) is 37.5. The Bertz CT molecular complexity index is 776. The molecule has 158 valence electrons. The zero-order valence-corrected chi connectivity index (χ0v) is 17.1. The Balaban J connectivity index is 1.59. The van der Waals surface area contributed by atoms with Gasteiger partial charge in [0.15, 0.2) is 6.61 Å². The predicted molar refractivity (Wildman–Crippen MR) is 109 cm³/mol. The molecule has 1 N–H and O–H groups in total. The molecule has 3 rings (SSSR count). The molecule has 2 fully saturated rings. The molecule has 1 amide bonds. The molecule has 1 aliphatic heterocycles. The van der Waals surface area contributed by atoms with Crippen LogP contribution in [0.4, 0.5) is 11.4 Å². The second kappa shape index (κ2) is 9.24. The number of carbonyl (C=O) groups is 2. The van der Waals surface area contributed by atoms with Crippen LogP contribution in [0.5, 0.6) is 0 Å². The first kappa shape index (κ1) is 21.1. The van der Waals surface area contributed by atoms with Gasteiger partial charge in [-0.25, -0.2) is 4.79 Å².